The lowest BCUT2D eigenvalue weighted by atomic mass is 10.1. The second-order valence-corrected chi connectivity index (χ2v) is 3.97. The van der Waals surface area contributed by atoms with Crippen molar-refractivity contribution in [3.8, 4) is 0 Å². The Morgan fingerprint density at radius 1 is 1.46 bits per heavy atom. The summed E-state index contributed by atoms with van der Waals surface area (Å²) < 4.78 is 4.70. The Hall–Kier alpha value is -0.770. The Labute approximate surface area is 78.4 Å². The van der Waals surface area contributed by atoms with Crippen molar-refractivity contribution in [2.45, 2.75) is 12.5 Å². The van der Waals surface area contributed by atoms with Gasteiger partial charge >= 0.3 is 6.09 Å². The summed E-state index contributed by atoms with van der Waals surface area (Å²) in [5, 5.41) is 0. The molecule has 13 heavy (non-hydrogen) atoms. The van der Waals surface area contributed by atoms with E-state index in [0.717, 1.165) is 13.1 Å². The van der Waals surface area contributed by atoms with E-state index in [0.29, 0.717) is 12.0 Å². The van der Waals surface area contributed by atoms with Gasteiger partial charge in [0.15, 0.2) is 0 Å². The molecule has 0 aliphatic carbocycles. The van der Waals surface area contributed by atoms with Gasteiger partial charge in [-0.2, -0.15) is 0 Å². The minimum atomic E-state index is -0.178. The van der Waals surface area contributed by atoms with Gasteiger partial charge in [-0.05, 0) is 25.9 Å². The third kappa shape index (κ3) is 1.39. The molecule has 4 nitrogen and oxygen atoms in total. The van der Waals surface area contributed by atoms with Crippen LogP contribution in [-0.2, 0) is 4.74 Å². The van der Waals surface area contributed by atoms with Crippen molar-refractivity contribution in [2.75, 3.05) is 33.8 Å². The minimum Gasteiger partial charge on any atom is -0.453 e. The molecule has 2 fully saturated rings. The van der Waals surface area contributed by atoms with Crippen molar-refractivity contribution >= 4 is 6.09 Å². The lowest BCUT2D eigenvalue weighted by molar-refractivity contribution is 0.127. The van der Waals surface area contributed by atoms with Crippen LogP contribution >= 0.6 is 0 Å². The predicted octanol–water partition coefficient (Wildman–Crippen LogP) is 0.389. The van der Waals surface area contributed by atoms with Crippen LogP contribution in [-0.4, -0.2) is 55.7 Å². The summed E-state index contributed by atoms with van der Waals surface area (Å²) >= 11 is 0. The number of carbonyl (C=O) groups is 1. The smallest absolute Gasteiger partial charge is 0.409 e. The molecule has 0 radical (unpaired) electrons. The van der Waals surface area contributed by atoms with Gasteiger partial charge in [-0.25, -0.2) is 4.79 Å². The van der Waals surface area contributed by atoms with Crippen LogP contribution in [0.1, 0.15) is 6.42 Å². The molecular weight excluding hydrogens is 168 g/mol. The first-order valence-corrected chi connectivity index (χ1v) is 4.75. The summed E-state index contributed by atoms with van der Waals surface area (Å²) in [5.41, 5.74) is 0. The number of fused-ring (bicyclic) bond motifs is 1. The van der Waals surface area contributed by atoms with Gasteiger partial charge in [0.2, 0.25) is 0 Å². The summed E-state index contributed by atoms with van der Waals surface area (Å²) in [6.45, 7) is 2.89. The molecule has 2 rings (SSSR count). The Kier molecular flexibility index (Phi) is 2.15. The largest absolute Gasteiger partial charge is 0.453 e. The number of ether oxygens (including phenoxy) is 1. The standard InChI is InChI=1S/C9H16N2O2/c1-10-4-3-7-5-11(6-8(7)10)9(12)13-2/h7-8H,3-6H2,1-2H3/t7-,8+/m0/s1. The Bertz CT molecular complexity index is 220. The quantitative estimate of drug-likeness (QED) is 0.546. The third-order valence-corrected chi connectivity index (χ3v) is 3.26. The molecule has 4 heteroatoms. The van der Waals surface area contributed by atoms with E-state index in [1.54, 1.807) is 0 Å². The van der Waals surface area contributed by atoms with Crippen molar-refractivity contribution < 1.29 is 9.53 Å². The fourth-order valence-electron chi connectivity index (χ4n) is 2.45. The van der Waals surface area contributed by atoms with E-state index in [9.17, 15) is 4.79 Å². The molecule has 2 aliphatic heterocycles. The lowest BCUT2D eigenvalue weighted by Crippen LogP contribution is -2.34. The van der Waals surface area contributed by atoms with E-state index < -0.39 is 0 Å². The Morgan fingerprint density at radius 2 is 2.23 bits per heavy atom. The van der Waals surface area contributed by atoms with Gasteiger partial charge in [0, 0.05) is 19.1 Å². The molecule has 0 N–H and O–H groups in total. The highest BCUT2D eigenvalue weighted by atomic mass is 16.5. The van der Waals surface area contributed by atoms with Gasteiger partial charge < -0.3 is 14.5 Å². The molecule has 0 aromatic carbocycles. The first-order valence-electron chi connectivity index (χ1n) is 4.75. The molecule has 2 aliphatic rings. The molecule has 74 valence electrons. The van der Waals surface area contributed by atoms with Crippen molar-refractivity contribution in [3.63, 3.8) is 0 Å². The number of amides is 1. The van der Waals surface area contributed by atoms with Crippen LogP contribution in [0.4, 0.5) is 4.79 Å². The molecule has 0 aromatic rings. The summed E-state index contributed by atoms with van der Waals surface area (Å²) in [5.74, 6) is 0.670. The zero-order valence-corrected chi connectivity index (χ0v) is 8.19. The highest BCUT2D eigenvalue weighted by molar-refractivity contribution is 5.68. The molecule has 0 spiro atoms. The minimum absolute atomic E-state index is 0.178. The highest BCUT2D eigenvalue weighted by Gasteiger charge is 2.41. The average molecular weight is 184 g/mol. The average Bonchev–Trinajstić information content (AvgIpc) is 2.67. The zero-order valence-electron chi connectivity index (χ0n) is 8.19. The van der Waals surface area contributed by atoms with Crippen LogP contribution in [0, 0.1) is 5.92 Å². The Balaban J connectivity index is 1.98. The molecule has 2 heterocycles. The molecule has 0 aromatic heterocycles. The van der Waals surface area contributed by atoms with Crippen LogP contribution in [0.15, 0.2) is 0 Å². The molecular formula is C9H16N2O2. The number of carbonyl (C=O) groups excluding carboxylic acids is 1. The second-order valence-electron chi connectivity index (χ2n) is 3.97. The summed E-state index contributed by atoms with van der Waals surface area (Å²) in [6.07, 6.45) is 1.04. The Morgan fingerprint density at radius 3 is 2.85 bits per heavy atom. The molecule has 0 saturated carbocycles. The number of rotatable bonds is 0. The molecule has 2 atom stereocenters. The number of methoxy groups -OCH3 is 1. The number of hydrogen-bond donors (Lipinski definition) is 0. The fourth-order valence-corrected chi connectivity index (χ4v) is 2.45. The maximum atomic E-state index is 11.2. The molecule has 0 bridgehead atoms. The molecule has 2 saturated heterocycles. The first kappa shape index (κ1) is 8.81. The van der Waals surface area contributed by atoms with Gasteiger partial charge in [-0.3, -0.25) is 0 Å². The van der Waals surface area contributed by atoms with Gasteiger partial charge in [-0.1, -0.05) is 0 Å². The number of nitrogens with zero attached hydrogens (tertiary/aromatic N) is 2. The zero-order chi connectivity index (χ0) is 9.42. The van der Waals surface area contributed by atoms with Gasteiger partial charge in [0.05, 0.1) is 7.11 Å². The number of likely N-dealkylation sites (tertiary alicyclic amines) is 2. The van der Waals surface area contributed by atoms with Crippen molar-refractivity contribution in [1.29, 1.82) is 0 Å². The summed E-state index contributed by atoms with van der Waals surface area (Å²) in [4.78, 5) is 15.4. The lowest BCUT2D eigenvalue weighted by Gasteiger charge is -2.19. The van der Waals surface area contributed by atoms with E-state index in [4.69, 9.17) is 4.74 Å². The van der Waals surface area contributed by atoms with Gasteiger partial charge in [0.25, 0.3) is 0 Å². The topological polar surface area (TPSA) is 32.8 Å². The maximum absolute atomic E-state index is 11.2. The van der Waals surface area contributed by atoms with Crippen molar-refractivity contribution in [2.24, 2.45) is 5.92 Å². The maximum Gasteiger partial charge on any atom is 0.409 e. The number of likely N-dealkylation sites (N-methyl/N-ethyl adjacent to an activating group) is 1. The fraction of sp³-hybridized carbons (Fsp3) is 0.889. The van der Waals surface area contributed by atoms with E-state index >= 15 is 0 Å². The van der Waals surface area contributed by atoms with Crippen molar-refractivity contribution in [3.05, 3.63) is 0 Å². The van der Waals surface area contributed by atoms with E-state index in [1.165, 1.54) is 20.1 Å². The summed E-state index contributed by atoms with van der Waals surface area (Å²) in [7, 11) is 3.57. The van der Waals surface area contributed by atoms with Crippen LogP contribution in [0.25, 0.3) is 0 Å². The molecule has 1 amide bonds. The van der Waals surface area contributed by atoms with Crippen LogP contribution in [0.5, 0.6) is 0 Å². The van der Waals surface area contributed by atoms with E-state index in [-0.39, 0.29) is 6.09 Å². The first-order chi connectivity index (χ1) is 6.22. The van der Waals surface area contributed by atoms with E-state index in [1.807, 2.05) is 4.90 Å². The van der Waals surface area contributed by atoms with E-state index in [2.05, 4.69) is 11.9 Å². The SMILES string of the molecule is COC(=O)N1C[C@@H]2CCN(C)[C@@H]2C1. The predicted molar refractivity (Wildman–Crippen MR) is 48.5 cm³/mol. The van der Waals surface area contributed by atoms with Gasteiger partial charge in [-0.15, -0.1) is 0 Å². The third-order valence-electron chi connectivity index (χ3n) is 3.26. The van der Waals surface area contributed by atoms with Crippen LogP contribution in [0.3, 0.4) is 0 Å². The van der Waals surface area contributed by atoms with Crippen LogP contribution < -0.4 is 0 Å². The van der Waals surface area contributed by atoms with Crippen LogP contribution in [0.2, 0.25) is 0 Å². The number of hydrogen-bond acceptors (Lipinski definition) is 3. The second kappa shape index (κ2) is 3.18. The van der Waals surface area contributed by atoms with Gasteiger partial charge in [0.1, 0.15) is 0 Å². The summed E-state index contributed by atoms with van der Waals surface area (Å²) in [6, 6.07) is 0.569. The monoisotopic (exact) mass is 184 g/mol. The highest BCUT2D eigenvalue weighted by Crippen LogP contribution is 2.30. The van der Waals surface area contributed by atoms with Crippen molar-refractivity contribution in [1.82, 2.24) is 9.80 Å². The normalized spacial score (nSPS) is 33.5. The molecule has 0 unspecified atom stereocenters.